The minimum Gasteiger partial charge on any atom is -0.483 e. The summed E-state index contributed by atoms with van der Waals surface area (Å²) in [5.41, 5.74) is 4.87. The first-order valence-electron chi connectivity index (χ1n) is 9.79. The number of piperidine rings is 1. The zero-order chi connectivity index (χ0) is 22.5. The largest absolute Gasteiger partial charge is 0.483 e. The standard InChI is InChI=1S/C18H29N5O4.CH2O2/c1-12-14(22(3)11-20-12)15(25)21-17(2)6-9-27-18(16(17)26)4-7-23(8-5-18)10-13(19)24;2-1-3/h11,16,26H,4-10H2,1-3H3,(H2,19,24)(H,21,25);1H,(H,2,3)/t16-,17+;/m1./s1. The summed E-state index contributed by atoms with van der Waals surface area (Å²) in [5, 5.41) is 21.1. The lowest BCUT2D eigenvalue weighted by molar-refractivity contribution is -0.205. The number of carboxylic acid groups (broad SMARTS) is 1. The van der Waals surface area contributed by atoms with Gasteiger partial charge in [-0.1, -0.05) is 0 Å². The molecule has 5 N–H and O–H groups in total. The molecule has 2 aliphatic heterocycles. The van der Waals surface area contributed by atoms with Gasteiger partial charge >= 0.3 is 0 Å². The predicted molar refractivity (Wildman–Crippen MR) is 107 cm³/mol. The number of aliphatic hydroxyl groups is 1. The summed E-state index contributed by atoms with van der Waals surface area (Å²) in [6.45, 7) is 5.29. The number of ether oxygens (including phenoxy) is 1. The first-order chi connectivity index (χ1) is 14.1. The Morgan fingerprint density at radius 1 is 1.40 bits per heavy atom. The van der Waals surface area contributed by atoms with Crippen LogP contribution in [-0.4, -0.2) is 86.4 Å². The maximum absolute atomic E-state index is 12.8. The van der Waals surface area contributed by atoms with E-state index in [4.69, 9.17) is 20.4 Å². The highest BCUT2D eigenvalue weighted by molar-refractivity contribution is 5.94. The van der Waals surface area contributed by atoms with E-state index >= 15 is 0 Å². The third-order valence-corrected chi connectivity index (χ3v) is 5.93. The molecule has 1 aromatic heterocycles. The van der Waals surface area contributed by atoms with Gasteiger partial charge in [0.05, 0.1) is 29.7 Å². The molecule has 168 valence electrons. The van der Waals surface area contributed by atoms with Gasteiger partial charge in [-0.05, 0) is 33.1 Å². The number of aromatic nitrogens is 2. The minimum absolute atomic E-state index is 0.208. The molecule has 2 saturated heterocycles. The van der Waals surface area contributed by atoms with Crippen LogP contribution in [0.4, 0.5) is 0 Å². The molecule has 11 heteroatoms. The minimum atomic E-state index is -0.855. The van der Waals surface area contributed by atoms with Gasteiger partial charge < -0.3 is 30.6 Å². The molecule has 0 radical (unpaired) electrons. The van der Waals surface area contributed by atoms with Crippen molar-refractivity contribution in [3.8, 4) is 0 Å². The van der Waals surface area contributed by atoms with Gasteiger partial charge in [-0.25, -0.2) is 4.98 Å². The van der Waals surface area contributed by atoms with Gasteiger partial charge in [-0.15, -0.1) is 0 Å². The Morgan fingerprint density at radius 2 is 2.00 bits per heavy atom. The van der Waals surface area contributed by atoms with E-state index in [2.05, 4.69) is 10.3 Å². The Morgan fingerprint density at radius 3 is 2.50 bits per heavy atom. The Balaban J connectivity index is 0.00000101. The van der Waals surface area contributed by atoms with Gasteiger partial charge in [0.2, 0.25) is 5.91 Å². The van der Waals surface area contributed by atoms with E-state index in [1.807, 2.05) is 11.8 Å². The molecule has 1 spiro atoms. The summed E-state index contributed by atoms with van der Waals surface area (Å²) < 4.78 is 7.70. The molecule has 0 aliphatic carbocycles. The summed E-state index contributed by atoms with van der Waals surface area (Å²) in [7, 11) is 1.77. The molecule has 0 saturated carbocycles. The fourth-order valence-electron chi connectivity index (χ4n) is 4.31. The van der Waals surface area contributed by atoms with Crippen LogP contribution in [0, 0.1) is 6.92 Å². The summed E-state index contributed by atoms with van der Waals surface area (Å²) >= 11 is 0. The van der Waals surface area contributed by atoms with Crippen molar-refractivity contribution in [2.45, 2.75) is 50.4 Å². The second-order valence-electron chi connectivity index (χ2n) is 8.07. The van der Waals surface area contributed by atoms with Gasteiger partial charge in [-0.2, -0.15) is 0 Å². The van der Waals surface area contributed by atoms with Crippen molar-refractivity contribution >= 4 is 18.3 Å². The third-order valence-electron chi connectivity index (χ3n) is 5.93. The Hall–Kier alpha value is -2.50. The fourth-order valence-corrected chi connectivity index (χ4v) is 4.31. The maximum atomic E-state index is 12.8. The van der Waals surface area contributed by atoms with E-state index in [0.29, 0.717) is 50.3 Å². The Bertz CT molecular complexity index is 754. The predicted octanol–water partition coefficient (Wildman–Crippen LogP) is -0.981. The van der Waals surface area contributed by atoms with E-state index in [-0.39, 0.29) is 24.8 Å². The van der Waals surface area contributed by atoms with E-state index in [0.717, 1.165) is 0 Å². The third kappa shape index (κ3) is 4.97. The van der Waals surface area contributed by atoms with Crippen molar-refractivity contribution < 1.29 is 29.3 Å². The molecule has 3 rings (SSSR count). The maximum Gasteiger partial charge on any atom is 0.290 e. The van der Waals surface area contributed by atoms with Crippen LogP contribution in [0.5, 0.6) is 0 Å². The lowest BCUT2D eigenvalue weighted by Crippen LogP contribution is -2.69. The molecular weight excluding hydrogens is 394 g/mol. The topological polar surface area (TPSA) is 160 Å². The number of carbonyl (C=O) groups excluding carboxylic acids is 2. The smallest absolute Gasteiger partial charge is 0.290 e. The van der Waals surface area contributed by atoms with Gasteiger partial charge in [0.25, 0.3) is 12.4 Å². The van der Waals surface area contributed by atoms with E-state index in [9.17, 15) is 14.7 Å². The lowest BCUT2D eigenvalue weighted by Gasteiger charge is -2.53. The number of nitrogens with zero attached hydrogens (tertiary/aromatic N) is 3. The van der Waals surface area contributed by atoms with Gasteiger partial charge in [0.1, 0.15) is 11.8 Å². The van der Waals surface area contributed by atoms with Crippen LogP contribution in [0.25, 0.3) is 0 Å². The van der Waals surface area contributed by atoms with Crippen molar-refractivity contribution in [3.63, 3.8) is 0 Å². The molecule has 0 aromatic carbocycles. The molecule has 1 aromatic rings. The fraction of sp³-hybridized carbons (Fsp3) is 0.684. The number of hydrogen-bond acceptors (Lipinski definition) is 7. The number of amides is 2. The van der Waals surface area contributed by atoms with Crippen LogP contribution in [0.15, 0.2) is 6.33 Å². The van der Waals surface area contributed by atoms with Crippen LogP contribution in [0.2, 0.25) is 0 Å². The average molecular weight is 425 g/mol. The lowest BCUT2D eigenvalue weighted by atomic mass is 9.73. The molecule has 2 fully saturated rings. The molecular formula is C19H31N5O6. The van der Waals surface area contributed by atoms with Crippen molar-refractivity contribution in [1.82, 2.24) is 19.8 Å². The second-order valence-corrected chi connectivity index (χ2v) is 8.07. The first-order valence-corrected chi connectivity index (χ1v) is 9.79. The highest BCUT2D eigenvalue weighted by atomic mass is 16.5. The number of nitrogens with one attached hydrogen (secondary N) is 1. The SMILES string of the molecule is Cc1ncn(C)c1C(=O)N[C@@]1(C)CCOC2(CCN(CC(N)=O)CC2)[C@@H]1O.O=CO. The number of aryl methyl sites for hydroxylation is 2. The first kappa shape index (κ1) is 23.8. The summed E-state index contributed by atoms with van der Waals surface area (Å²) in [6, 6.07) is 0. The molecule has 0 unspecified atom stereocenters. The zero-order valence-electron chi connectivity index (χ0n) is 17.6. The zero-order valence-corrected chi connectivity index (χ0v) is 17.6. The van der Waals surface area contributed by atoms with Gasteiger partial charge in [0, 0.05) is 26.7 Å². The van der Waals surface area contributed by atoms with Crippen molar-refractivity contribution in [2.75, 3.05) is 26.2 Å². The number of hydrogen-bond donors (Lipinski definition) is 4. The summed E-state index contributed by atoms with van der Waals surface area (Å²) in [4.78, 5) is 38.4. The van der Waals surface area contributed by atoms with Crippen LogP contribution >= 0.6 is 0 Å². The number of imidazole rings is 1. The normalized spacial score (nSPS) is 25.8. The van der Waals surface area contributed by atoms with E-state index in [1.54, 1.807) is 24.9 Å². The quantitative estimate of drug-likeness (QED) is 0.448. The van der Waals surface area contributed by atoms with E-state index < -0.39 is 17.2 Å². The molecule has 2 atom stereocenters. The molecule has 30 heavy (non-hydrogen) atoms. The molecule has 0 bridgehead atoms. The highest BCUT2D eigenvalue weighted by Crippen LogP contribution is 2.40. The molecule has 2 amide bonds. The molecule has 2 aliphatic rings. The number of carbonyl (C=O) groups is 3. The van der Waals surface area contributed by atoms with Crippen molar-refractivity contribution in [3.05, 3.63) is 17.7 Å². The van der Waals surface area contributed by atoms with Gasteiger partial charge in [-0.3, -0.25) is 19.3 Å². The number of aliphatic hydroxyl groups excluding tert-OH is 1. The molecule has 3 heterocycles. The van der Waals surface area contributed by atoms with Crippen LogP contribution in [0.3, 0.4) is 0 Å². The summed E-state index contributed by atoms with van der Waals surface area (Å²) in [5.74, 6) is -0.614. The van der Waals surface area contributed by atoms with Gasteiger partial charge in [0.15, 0.2) is 0 Å². The monoisotopic (exact) mass is 425 g/mol. The van der Waals surface area contributed by atoms with Crippen LogP contribution in [-0.2, 0) is 21.4 Å². The average Bonchev–Trinajstić information content (AvgIpc) is 3.00. The number of rotatable bonds is 4. The summed E-state index contributed by atoms with van der Waals surface area (Å²) in [6.07, 6.45) is 2.42. The number of likely N-dealkylation sites (tertiary alicyclic amines) is 1. The second kappa shape index (κ2) is 9.54. The van der Waals surface area contributed by atoms with E-state index in [1.165, 1.54) is 0 Å². The Labute approximate surface area is 175 Å². The van der Waals surface area contributed by atoms with Crippen molar-refractivity contribution in [1.29, 1.82) is 0 Å². The van der Waals surface area contributed by atoms with Crippen LogP contribution in [0.1, 0.15) is 42.4 Å². The Kier molecular flexibility index (Phi) is 7.56. The molecule has 11 nitrogen and oxygen atoms in total. The van der Waals surface area contributed by atoms with Crippen molar-refractivity contribution in [2.24, 2.45) is 12.8 Å². The van der Waals surface area contributed by atoms with Crippen LogP contribution < -0.4 is 11.1 Å². The highest BCUT2D eigenvalue weighted by Gasteiger charge is 2.54. The number of primary amides is 1. The number of nitrogens with two attached hydrogens (primary N) is 1.